The van der Waals surface area contributed by atoms with Crippen LogP contribution in [0.5, 0.6) is 11.5 Å². The zero-order valence-corrected chi connectivity index (χ0v) is 15.6. The number of para-hydroxylation sites is 1. The first-order valence-electron chi connectivity index (χ1n) is 8.31. The van der Waals surface area contributed by atoms with Crippen molar-refractivity contribution in [3.05, 3.63) is 83.9 Å². The van der Waals surface area contributed by atoms with Gasteiger partial charge < -0.3 is 15.2 Å². The highest BCUT2D eigenvalue weighted by Crippen LogP contribution is 2.35. The molecule has 3 nitrogen and oxygen atoms in total. The molecule has 148 valence electrons. The van der Waals surface area contributed by atoms with Crippen molar-refractivity contribution in [2.24, 2.45) is 5.73 Å². The molecule has 0 radical (unpaired) electrons. The highest BCUT2D eigenvalue weighted by Gasteiger charge is 2.32. The van der Waals surface area contributed by atoms with Crippen LogP contribution in [0.4, 0.5) is 13.2 Å². The van der Waals surface area contributed by atoms with Gasteiger partial charge in [0.2, 0.25) is 0 Å². The van der Waals surface area contributed by atoms with Crippen molar-refractivity contribution < 1.29 is 22.6 Å². The first kappa shape index (κ1) is 21.6. The minimum atomic E-state index is -4.79. The molecule has 0 bridgehead atoms. The first-order valence-corrected chi connectivity index (χ1v) is 8.31. The molecule has 0 unspecified atom stereocenters. The van der Waals surface area contributed by atoms with Crippen LogP contribution in [0.15, 0.2) is 72.8 Å². The number of rotatable bonds is 6. The summed E-state index contributed by atoms with van der Waals surface area (Å²) >= 11 is 0. The Kier molecular flexibility index (Phi) is 7.31. The van der Waals surface area contributed by atoms with Crippen LogP contribution in [-0.4, -0.2) is 6.36 Å². The first-order chi connectivity index (χ1) is 13.0. The maximum absolute atomic E-state index is 12.7. The largest absolute Gasteiger partial charge is 0.573 e. The predicted octanol–water partition coefficient (Wildman–Crippen LogP) is 5.71. The fraction of sp³-hybridized carbons (Fsp3) is 0.143. The highest BCUT2D eigenvalue weighted by atomic mass is 35.5. The lowest BCUT2D eigenvalue weighted by molar-refractivity contribution is -0.274. The molecule has 3 rings (SSSR count). The summed E-state index contributed by atoms with van der Waals surface area (Å²) in [5.74, 6) is 0.264. The summed E-state index contributed by atoms with van der Waals surface area (Å²) in [5.41, 5.74) is 8.02. The number of ether oxygens (including phenoxy) is 2. The summed E-state index contributed by atoms with van der Waals surface area (Å²) in [6.45, 7) is 0.294. The van der Waals surface area contributed by atoms with E-state index in [4.69, 9.17) is 10.5 Å². The average molecular weight is 410 g/mol. The van der Waals surface area contributed by atoms with Crippen LogP contribution in [0.2, 0.25) is 0 Å². The van der Waals surface area contributed by atoms with Gasteiger partial charge in [-0.1, -0.05) is 60.7 Å². The van der Waals surface area contributed by atoms with Crippen LogP contribution in [-0.2, 0) is 13.2 Å². The van der Waals surface area contributed by atoms with E-state index in [1.807, 2.05) is 36.4 Å². The van der Waals surface area contributed by atoms with Crippen LogP contribution in [0.1, 0.15) is 11.1 Å². The number of hydrogen-bond donors (Lipinski definition) is 1. The van der Waals surface area contributed by atoms with Gasteiger partial charge >= 0.3 is 6.36 Å². The van der Waals surface area contributed by atoms with Crippen molar-refractivity contribution in [3.8, 4) is 22.6 Å². The molecule has 0 aliphatic rings. The summed E-state index contributed by atoms with van der Waals surface area (Å²) in [6, 6.07) is 21.4. The summed E-state index contributed by atoms with van der Waals surface area (Å²) in [6.07, 6.45) is -4.79. The quantitative estimate of drug-likeness (QED) is 0.567. The lowest BCUT2D eigenvalue weighted by atomic mass is 10.0. The molecule has 3 aromatic rings. The SMILES string of the molecule is Cl.NCc1ccc(-c2ccccc2OCc2ccccc2)cc1OC(F)(F)F. The van der Waals surface area contributed by atoms with Crippen molar-refractivity contribution in [1.29, 1.82) is 0 Å². The van der Waals surface area contributed by atoms with Gasteiger partial charge in [-0.15, -0.1) is 25.6 Å². The standard InChI is InChI=1S/C21H18F3NO2.ClH/c22-21(23,24)27-20-12-16(10-11-17(20)13-25)18-8-4-5-9-19(18)26-14-15-6-2-1-3-7-15;/h1-12H,13-14,25H2;1H. The molecule has 7 heteroatoms. The Bertz CT molecular complexity index is 902. The maximum atomic E-state index is 12.7. The van der Waals surface area contributed by atoms with E-state index in [0.29, 0.717) is 23.5 Å². The number of alkyl halides is 3. The molecule has 0 aliphatic heterocycles. The zero-order valence-electron chi connectivity index (χ0n) is 14.8. The Labute approximate surface area is 167 Å². The Balaban J connectivity index is 0.00000280. The summed E-state index contributed by atoms with van der Waals surface area (Å²) < 4.78 is 48.1. The second-order valence-corrected chi connectivity index (χ2v) is 5.84. The van der Waals surface area contributed by atoms with Crippen molar-refractivity contribution in [2.75, 3.05) is 0 Å². The predicted molar refractivity (Wildman–Crippen MR) is 104 cm³/mol. The Morgan fingerprint density at radius 2 is 1.50 bits per heavy atom. The van der Waals surface area contributed by atoms with Crippen LogP contribution in [0.3, 0.4) is 0 Å². The van der Waals surface area contributed by atoms with Gasteiger partial charge in [0.1, 0.15) is 18.1 Å². The number of halogens is 4. The van der Waals surface area contributed by atoms with Crippen LogP contribution >= 0.6 is 12.4 Å². The third-order valence-corrected chi connectivity index (χ3v) is 3.95. The summed E-state index contributed by atoms with van der Waals surface area (Å²) in [5, 5.41) is 0. The number of benzene rings is 3. The molecule has 0 aliphatic carbocycles. The van der Waals surface area contributed by atoms with E-state index in [-0.39, 0.29) is 30.3 Å². The van der Waals surface area contributed by atoms with E-state index in [1.165, 1.54) is 12.1 Å². The minimum Gasteiger partial charge on any atom is -0.488 e. The normalized spacial score (nSPS) is 10.9. The van der Waals surface area contributed by atoms with E-state index in [0.717, 1.165) is 5.56 Å². The van der Waals surface area contributed by atoms with Gasteiger partial charge in [-0.05, 0) is 23.3 Å². The third kappa shape index (κ3) is 5.65. The lowest BCUT2D eigenvalue weighted by Gasteiger charge is -2.16. The van der Waals surface area contributed by atoms with E-state index in [9.17, 15) is 13.2 Å². The lowest BCUT2D eigenvalue weighted by Crippen LogP contribution is -2.18. The van der Waals surface area contributed by atoms with Crippen molar-refractivity contribution in [1.82, 2.24) is 0 Å². The van der Waals surface area contributed by atoms with E-state index in [1.54, 1.807) is 24.3 Å². The molecule has 0 atom stereocenters. The summed E-state index contributed by atoms with van der Waals surface area (Å²) in [4.78, 5) is 0. The zero-order chi connectivity index (χ0) is 19.3. The van der Waals surface area contributed by atoms with Crippen LogP contribution in [0, 0.1) is 0 Å². The van der Waals surface area contributed by atoms with E-state index < -0.39 is 6.36 Å². The topological polar surface area (TPSA) is 44.5 Å². The minimum absolute atomic E-state index is 0. The monoisotopic (exact) mass is 409 g/mol. The van der Waals surface area contributed by atoms with E-state index in [2.05, 4.69) is 4.74 Å². The van der Waals surface area contributed by atoms with E-state index >= 15 is 0 Å². The highest BCUT2D eigenvalue weighted by molar-refractivity contribution is 5.85. The third-order valence-electron chi connectivity index (χ3n) is 3.95. The molecule has 2 N–H and O–H groups in total. The summed E-state index contributed by atoms with van der Waals surface area (Å²) in [7, 11) is 0. The molecular formula is C21H19ClF3NO2. The Morgan fingerprint density at radius 3 is 2.18 bits per heavy atom. The van der Waals surface area contributed by atoms with Crippen molar-refractivity contribution >= 4 is 12.4 Å². The molecule has 0 spiro atoms. The fourth-order valence-electron chi connectivity index (χ4n) is 2.68. The van der Waals surface area contributed by atoms with Crippen molar-refractivity contribution in [3.63, 3.8) is 0 Å². The molecule has 0 saturated heterocycles. The smallest absolute Gasteiger partial charge is 0.488 e. The average Bonchev–Trinajstić information content (AvgIpc) is 2.66. The Morgan fingerprint density at radius 1 is 0.821 bits per heavy atom. The van der Waals surface area contributed by atoms with Crippen LogP contribution < -0.4 is 15.2 Å². The van der Waals surface area contributed by atoms with Gasteiger partial charge in [-0.3, -0.25) is 0 Å². The van der Waals surface area contributed by atoms with Gasteiger partial charge in [0, 0.05) is 17.7 Å². The van der Waals surface area contributed by atoms with Gasteiger partial charge in [-0.25, -0.2) is 0 Å². The van der Waals surface area contributed by atoms with Crippen LogP contribution in [0.25, 0.3) is 11.1 Å². The molecule has 0 amide bonds. The van der Waals surface area contributed by atoms with Gasteiger partial charge in [0.05, 0.1) is 0 Å². The van der Waals surface area contributed by atoms with Gasteiger partial charge in [0.25, 0.3) is 0 Å². The molecular weight excluding hydrogens is 391 g/mol. The Hall–Kier alpha value is -2.70. The number of hydrogen-bond acceptors (Lipinski definition) is 3. The molecule has 3 aromatic carbocycles. The molecule has 0 heterocycles. The fourth-order valence-corrected chi connectivity index (χ4v) is 2.68. The van der Waals surface area contributed by atoms with Gasteiger partial charge in [0.15, 0.2) is 0 Å². The molecule has 0 aromatic heterocycles. The van der Waals surface area contributed by atoms with Gasteiger partial charge in [-0.2, -0.15) is 0 Å². The second-order valence-electron chi connectivity index (χ2n) is 5.84. The number of nitrogens with two attached hydrogens (primary N) is 1. The van der Waals surface area contributed by atoms with Crippen molar-refractivity contribution in [2.45, 2.75) is 19.5 Å². The second kappa shape index (κ2) is 9.48. The molecule has 0 saturated carbocycles. The maximum Gasteiger partial charge on any atom is 0.573 e. The molecule has 0 fully saturated rings. The molecule has 28 heavy (non-hydrogen) atoms.